The topological polar surface area (TPSA) is 30.5 Å². The monoisotopic (exact) mass is 413 g/mol. The molecule has 0 amide bonds. The van der Waals surface area contributed by atoms with Crippen LogP contribution in [0.4, 0.5) is 5.69 Å². The summed E-state index contributed by atoms with van der Waals surface area (Å²) >= 11 is 14.9. The first kappa shape index (κ1) is 18.0. The molecule has 2 aromatic rings. The zero-order chi connectivity index (χ0) is 17.0. The van der Waals surface area contributed by atoms with Gasteiger partial charge in [0.1, 0.15) is 12.4 Å². The number of aryl methyl sites for hydroxylation is 2. The molecule has 0 atom stereocenters. The number of anilines is 1. The van der Waals surface area contributed by atoms with Crippen molar-refractivity contribution in [3.05, 3.63) is 56.5 Å². The summed E-state index contributed by atoms with van der Waals surface area (Å²) in [6.45, 7) is 4.43. The predicted octanol–water partition coefficient (Wildman–Crippen LogP) is 5.64. The molecule has 0 aliphatic heterocycles. The minimum Gasteiger partial charge on any atom is -0.488 e. The SMILES string of the molecule is COC(=S)Nc1cccc(Cl)c1COc1cc(C)c(C)cc1Br. The Bertz CT molecular complexity index is 737. The van der Waals surface area contributed by atoms with Crippen molar-refractivity contribution in [3.63, 3.8) is 0 Å². The van der Waals surface area contributed by atoms with Crippen LogP contribution in [0.15, 0.2) is 34.8 Å². The van der Waals surface area contributed by atoms with Crippen molar-refractivity contribution >= 4 is 50.6 Å². The van der Waals surface area contributed by atoms with E-state index in [0.29, 0.717) is 11.6 Å². The van der Waals surface area contributed by atoms with E-state index in [9.17, 15) is 0 Å². The van der Waals surface area contributed by atoms with Gasteiger partial charge >= 0.3 is 0 Å². The van der Waals surface area contributed by atoms with Crippen molar-refractivity contribution in [2.45, 2.75) is 20.5 Å². The van der Waals surface area contributed by atoms with Gasteiger partial charge in [0, 0.05) is 16.3 Å². The molecule has 6 heteroatoms. The highest BCUT2D eigenvalue weighted by Gasteiger charge is 2.11. The standard InChI is InChI=1S/C17H17BrClNO2S/c1-10-7-13(18)16(8-11(10)2)22-9-12-14(19)5-4-6-15(12)20-17(23)21-3/h4-8H,9H2,1-3H3,(H,20,23). The minimum absolute atomic E-state index is 0.279. The molecule has 0 spiro atoms. The van der Waals surface area contributed by atoms with E-state index in [1.54, 1.807) is 0 Å². The van der Waals surface area contributed by atoms with Crippen molar-refractivity contribution in [2.24, 2.45) is 0 Å². The molecule has 0 heterocycles. The van der Waals surface area contributed by atoms with Crippen LogP contribution in [0.2, 0.25) is 5.02 Å². The summed E-state index contributed by atoms with van der Waals surface area (Å²) in [6, 6.07) is 9.58. The fourth-order valence-corrected chi connectivity index (χ4v) is 2.91. The predicted molar refractivity (Wildman–Crippen MR) is 103 cm³/mol. The van der Waals surface area contributed by atoms with Gasteiger partial charge in [0.15, 0.2) is 0 Å². The number of nitrogens with one attached hydrogen (secondary N) is 1. The van der Waals surface area contributed by atoms with E-state index in [4.69, 9.17) is 33.3 Å². The van der Waals surface area contributed by atoms with Gasteiger partial charge in [-0.1, -0.05) is 17.7 Å². The molecule has 0 aliphatic rings. The molecular weight excluding hydrogens is 398 g/mol. The largest absolute Gasteiger partial charge is 0.488 e. The minimum atomic E-state index is 0.279. The Morgan fingerprint density at radius 1 is 1.26 bits per heavy atom. The zero-order valence-corrected chi connectivity index (χ0v) is 16.2. The summed E-state index contributed by atoms with van der Waals surface area (Å²) in [7, 11) is 1.52. The highest BCUT2D eigenvalue weighted by atomic mass is 79.9. The van der Waals surface area contributed by atoms with Crippen LogP contribution in [0.3, 0.4) is 0 Å². The second kappa shape index (κ2) is 7.99. The fourth-order valence-electron chi connectivity index (χ4n) is 2.00. The van der Waals surface area contributed by atoms with Gasteiger partial charge in [0.2, 0.25) is 0 Å². The molecule has 0 fully saturated rings. The molecular formula is C17H17BrClNO2S. The summed E-state index contributed by atoms with van der Waals surface area (Å²) < 4.78 is 11.8. The lowest BCUT2D eigenvalue weighted by Crippen LogP contribution is -2.13. The summed E-state index contributed by atoms with van der Waals surface area (Å²) in [5.74, 6) is 0.772. The van der Waals surface area contributed by atoms with Gasteiger partial charge in [-0.2, -0.15) is 0 Å². The smallest absolute Gasteiger partial charge is 0.260 e. The lowest BCUT2D eigenvalue weighted by molar-refractivity contribution is 0.304. The number of thiocarbonyl (C=S) groups is 1. The van der Waals surface area contributed by atoms with Crippen LogP contribution in [0.1, 0.15) is 16.7 Å². The molecule has 0 bridgehead atoms. The molecule has 0 saturated heterocycles. The van der Waals surface area contributed by atoms with E-state index >= 15 is 0 Å². The van der Waals surface area contributed by atoms with E-state index in [1.807, 2.05) is 37.3 Å². The van der Waals surface area contributed by atoms with Crippen molar-refractivity contribution < 1.29 is 9.47 Å². The lowest BCUT2D eigenvalue weighted by atomic mass is 10.1. The number of rotatable bonds is 4. The molecule has 0 unspecified atom stereocenters. The number of ether oxygens (including phenoxy) is 2. The van der Waals surface area contributed by atoms with Crippen LogP contribution < -0.4 is 10.1 Å². The van der Waals surface area contributed by atoms with Crippen LogP contribution in [-0.2, 0) is 11.3 Å². The maximum atomic E-state index is 6.30. The molecule has 0 radical (unpaired) electrons. The maximum absolute atomic E-state index is 6.30. The number of benzene rings is 2. The quantitative estimate of drug-likeness (QED) is 0.656. The number of hydrogen-bond donors (Lipinski definition) is 1. The molecule has 122 valence electrons. The van der Waals surface area contributed by atoms with Crippen LogP contribution in [0, 0.1) is 13.8 Å². The van der Waals surface area contributed by atoms with E-state index in [1.165, 1.54) is 18.2 Å². The van der Waals surface area contributed by atoms with Gasteiger partial charge in [0.25, 0.3) is 5.17 Å². The summed E-state index contributed by atoms with van der Waals surface area (Å²) in [4.78, 5) is 0. The fraction of sp³-hybridized carbons (Fsp3) is 0.235. The maximum Gasteiger partial charge on any atom is 0.260 e. The zero-order valence-electron chi connectivity index (χ0n) is 13.1. The third kappa shape index (κ3) is 4.59. The van der Waals surface area contributed by atoms with E-state index in [0.717, 1.165) is 21.5 Å². The average Bonchev–Trinajstić information content (AvgIpc) is 2.51. The van der Waals surface area contributed by atoms with Crippen LogP contribution in [-0.4, -0.2) is 12.3 Å². The molecule has 3 nitrogen and oxygen atoms in total. The molecule has 1 N–H and O–H groups in total. The average molecular weight is 415 g/mol. The van der Waals surface area contributed by atoms with Crippen LogP contribution in [0.5, 0.6) is 5.75 Å². The Balaban J connectivity index is 2.23. The van der Waals surface area contributed by atoms with E-state index < -0.39 is 0 Å². The first-order valence-electron chi connectivity index (χ1n) is 6.94. The van der Waals surface area contributed by atoms with Crippen molar-refractivity contribution in [3.8, 4) is 5.75 Å². The van der Waals surface area contributed by atoms with Gasteiger partial charge in [-0.05, 0) is 77.4 Å². The van der Waals surface area contributed by atoms with Gasteiger partial charge in [-0.15, -0.1) is 0 Å². The molecule has 0 aromatic heterocycles. The van der Waals surface area contributed by atoms with Crippen LogP contribution in [0.25, 0.3) is 0 Å². The summed E-state index contributed by atoms with van der Waals surface area (Å²) in [5, 5.41) is 3.89. The number of halogens is 2. The molecule has 23 heavy (non-hydrogen) atoms. The Hall–Kier alpha value is -1.30. The third-order valence-electron chi connectivity index (χ3n) is 3.46. The van der Waals surface area contributed by atoms with Gasteiger partial charge in [-0.25, -0.2) is 0 Å². The number of hydrogen-bond acceptors (Lipinski definition) is 3. The highest BCUT2D eigenvalue weighted by Crippen LogP contribution is 2.31. The number of methoxy groups -OCH3 is 1. The van der Waals surface area contributed by atoms with E-state index in [2.05, 4.69) is 28.2 Å². The highest BCUT2D eigenvalue weighted by molar-refractivity contribution is 9.10. The summed E-state index contributed by atoms with van der Waals surface area (Å²) in [5.41, 5.74) is 3.96. The van der Waals surface area contributed by atoms with Crippen molar-refractivity contribution in [1.82, 2.24) is 0 Å². The van der Waals surface area contributed by atoms with Crippen molar-refractivity contribution in [2.75, 3.05) is 12.4 Å². The Kier molecular flexibility index (Phi) is 6.27. The Labute approximate surface area is 155 Å². The van der Waals surface area contributed by atoms with Gasteiger partial charge < -0.3 is 14.8 Å². The van der Waals surface area contributed by atoms with Crippen molar-refractivity contribution in [1.29, 1.82) is 0 Å². The first-order chi connectivity index (χ1) is 10.9. The third-order valence-corrected chi connectivity index (χ3v) is 4.70. The first-order valence-corrected chi connectivity index (χ1v) is 8.52. The molecule has 0 aliphatic carbocycles. The second-order valence-electron chi connectivity index (χ2n) is 5.04. The molecule has 2 aromatic carbocycles. The van der Waals surface area contributed by atoms with E-state index in [-0.39, 0.29) is 5.17 Å². The van der Waals surface area contributed by atoms with Gasteiger partial charge in [-0.3, -0.25) is 0 Å². The molecule has 2 rings (SSSR count). The normalized spacial score (nSPS) is 10.3. The molecule has 0 saturated carbocycles. The second-order valence-corrected chi connectivity index (χ2v) is 6.67. The van der Waals surface area contributed by atoms with Crippen LogP contribution >= 0.6 is 39.7 Å². The van der Waals surface area contributed by atoms with Gasteiger partial charge in [0.05, 0.1) is 11.6 Å². The Morgan fingerprint density at radius 2 is 1.96 bits per heavy atom. The summed E-state index contributed by atoms with van der Waals surface area (Å²) in [6.07, 6.45) is 0. The Morgan fingerprint density at radius 3 is 2.65 bits per heavy atom. The lowest BCUT2D eigenvalue weighted by Gasteiger charge is -2.15.